The number of halogens is 2. The highest BCUT2D eigenvalue weighted by Gasteiger charge is 2.23. The average Bonchev–Trinajstić information content (AvgIpc) is 3.46. The van der Waals surface area contributed by atoms with Gasteiger partial charge in [-0.3, -0.25) is 19.0 Å². The van der Waals surface area contributed by atoms with Crippen LogP contribution in [0.4, 0.5) is 14.5 Å². The van der Waals surface area contributed by atoms with Crippen LogP contribution in [0.2, 0.25) is 0 Å². The molecule has 0 spiro atoms. The molecule has 11 heteroatoms. The smallest absolute Gasteiger partial charge is 0.439 e. The van der Waals surface area contributed by atoms with E-state index in [0.717, 1.165) is 11.6 Å². The van der Waals surface area contributed by atoms with Crippen molar-refractivity contribution in [1.82, 2.24) is 19.9 Å². The molecule has 0 amide bonds. The zero-order valence-corrected chi connectivity index (χ0v) is 19.8. The first kappa shape index (κ1) is 23.2. The first-order chi connectivity index (χ1) is 17.1. The number of nitrogens with zero attached hydrogens (tertiary/aromatic N) is 3. The molecule has 0 aliphatic carbocycles. The van der Waals surface area contributed by atoms with Crippen molar-refractivity contribution in [2.45, 2.75) is 26.8 Å². The van der Waals surface area contributed by atoms with Crippen molar-refractivity contribution >= 4 is 16.7 Å². The molecule has 0 fully saturated rings. The second-order valence-electron chi connectivity index (χ2n) is 8.61. The summed E-state index contributed by atoms with van der Waals surface area (Å²) in [6.45, 7) is 5.33. The Kier molecular flexibility index (Phi) is 5.54. The van der Waals surface area contributed by atoms with Gasteiger partial charge in [-0.05, 0) is 44.5 Å². The van der Waals surface area contributed by atoms with Crippen molar-refractivity contribution in [3.05, 3.63) is 85.8 Å². The molecule has 1 atom stereocenters. The summed E-state index contributed by atoms with van der Waals surface area (Å²) in [4.78, 5) is 27.0. The Morgan fingerprint density at radius 3 is 2.61 bits per heavy atom. The van der Waals surface area contributed by atoms with Crippen LogP contribution < -0.4 is 16.5 Å². The summed E-state index contributed by atoms with van der Waals surface area (Å²) < 4.78 is 41.2. The van der Waals surface area contributed by atoms with Crippen LogP contribution in [0.3, 0.4) is 0 Å². The minimum absolute atomic E-state index is 0.155. The molecule has 0 aliphatic heterocycles. The molecule has 36 heavy (non-hydrogen) atoms. The van der Waals surface area contributed by atoms with Crippen LogP contribution in [0.1, 0.15) is 29.7 Å². The van der Waals surface area contributed by atoms with Crippen LogP contribution in [-0.4, -0.2) is 19.9 Å². The fourth-order valence-corrected chi connectivity index (χ4v) is 4.25. The van der Waals surface area contributed by atoms with Gasteiger partial charge in [-0.2, -0.15) is 5.10 Å². The number of rotatable bonds is 5. The monoisotopic (exact) mass is 493 g/mol. The van der Waals surface area contributed by atoms with Crippen molar-refractivity contribution in [2.24, 2.45) is 7.05 Å². The van der Waals surface area contributed by atoms with Crippen LogP contribution in [0.15, 0.2) is 55.2 Å². The highest BCUT2D eigenvalue weighted by Crippen LogP contribution is 2.35. The number of benzene rings is 2. The van der Waals surface area contributed by atoms with Crippen LogP contribution >= 0.6 is 0 Å². The lowest BCUT2D eigenvalue weighted by Gasteiger charge is -2.20. The van der Waals surface area contributed by atoms with Crippen molar-refractivity contribution in [1.29, 1.82) is 0 Å². The maximum absolute atomic E-state index is 14.8. The van der Waals surface area contributed by atoms with E-state index in [4.69, 9.17) is 4.42 Å². The van der Waals surface area contributed by atoms with Crippen molar-refractivity contribution in [2.75, 3.05) is 5.32 Å². The Morgan fingerprint density at radius 2 is 1.94 bits per heavy atom. The van der Waals surface area contributed by atoms with Gasteiger partial charge in [-0.1, -0.05) is 11.2 Å². The highest BCUT2D eigenvalue weighted by atomic mass is 19.2. The second kappa shape index (κ2) is 8.59. The van der Waals surface area contributed by atoms with E-state index in [9.17, 15) is 18.4 Å². The number of aryl methyl sites for hydroxylation is 2. The van der Waals surface area contributed by atoms with E-state index in [1.54, 1.807) is 44.0 Å². The summed E-state index contributed by atoms with van der Waals surface area (Å²) in [6.07, 6.45) is 3.36. The lowest BCUT2D eigenvalue weighted by Crippen LogP contribution is -2.13. The summed E-state index contributed by atoms with van der Waals surface area (Å²) in [5.74, 6) is -3.09. The fourth-order valence-electron chi connectivity index (χ4n) is 4.25. The summed E-state index contributed by atoms with van der Waals surface area (Å²) in [7, 11) is 1.76. The van der Waals surface area contributed by atoms with Crippen LogP contribution in [0.25, 0.3) is 33.7 Å². The number of fused-ring (bicyclic) bond motifs is 1. The van der Waals surface area contributed by atoms with Crippen LogP contribution in [0, 0.1) is 25.5 Å². The highest BCUT2D eigenvalue weighted by molar-refractivity contribution is 5.85. The molecule has 3 heterocycles. The molecule has 9 nitrogen and oxygen atoms in total. The minimum atomic E-state index is -1.20. The minimum Gasteiger partial charge on any atom is -0.455 e. The third kappa shape index (κ3) is 3.88. The van der Waals surface area contributed by atoms with Gasteiger partial charge >= 0.3 is 5.76 Å². The van der Waals surface area contributed by atoms with Crippen molar-refractivity contribution in [3.63, 3.8) is 0 Å². The molecule has 0 aliphatic rings. The van der Waals surface area contributed by atoms with Gasteiger partial charge in [0.05, 0.1) is 28.8 Å². The van der Waals surface area contributed by atoms with E-state index in [0.29, 0.717) is 33.4 Å². The topological polar surface area (TPSA) is 119 Å². The quantitative estimate of drug-likeness (QED) is 0.367. The van der Waals surface area contributed by atoms with Gasteiger partial charge in [0.25, 0.3) is 0 Å². The van der Waals surface area contributed by atoms with E-state index >= 15 is 0 Å². The molecule has 0 radical (unpaired) electrons. The summed E-state index contributed by atoms with van der Waals surface area (Å²) in [5.41, 5.74) is 2.58. The third-order valence-electron chi connectivity index (χ3n) is 5.97. The molecule has 3 aromatic heterocycles. The van der Waals surface area contributed by atoms with Crippen LogP contribution in [0.5, 0.6) is 0 Å². The van der Waals surface area contributed by atoms with Crippen molar-refractivity contribution < 1.29 is 17.7 Å². The van der Waals surface area contributed by atoms with Crippen LogP contribution in [-0.2, 0) is 7.05 Å². The zero-order chi connectivity index (χ0) is 25.7. The maximum Gasteiger partial charge on any atom is 0.439 e. The van der Waals surface area contributed by atoms with Gasteiger partial charge in [-0.25, -0.2) is 13.6 Å². The fraction of sp³-hybridized carbons (Fsp3) is 0.200. The number of aromatic amines is 1. The van der Waals surface area contributed by atoms with Gasteiger partial charge in [0.2, 0.25) is 0 Å². The number of anilines is 1. The largest absolute Gasteiger partial charge is 0.455 e. The van der Waals surface area contributed by atoms with E-state index in [1.165, 1.54) is 6.07 Å². The van der Waals surface area contributed by atoms with Crippen molar-refractivity contribution in [3.8, 4) is 22.7 Å². The van der Waals surface area contributed by atoms with Gasteiger partial charge in [0.15, 0.2) is 22.9 Å². The molecule has 5 rings (SSSR count). The number of nitrogens with one attached hydrogen (secondary N) is 2. The van der Waals surface area contributed by atoms with Gasteiger partial charge < -0.3 is 9.73 Å². The first-order valence-electron chi connectivity index (χ1n) is 11.0. The SMILES string of the molecule is Cc1cc(C(C)Nc2ccc(F)c(F)c2-c2noc(=O)[nH]2)c2oc(-c3cnn(C)c3)c(C)c(=O)c2c1. The normalized spacial score (nSPS) is 12.3. The van der Waals surface area contributed by atoms with Gasteiger partial charge in [-0.15, -0.1) is 0 Å². The Hall–Kier alpha value is -4.54. The summed E-state index contributed by atoms with van der Waals surface area (Å²) in [6, 6.07) is 5.35. The van der Waals surface area contributed by atoms with E-state index in [1.807, 2.05) is 13.0 Å². The number of aromatic nitrogens is 4. The Bertz CT molecular complexity index is 1750. The number of hydrogen-bond acceptors (Lipinski definition) is 7. The molecule has 1 unspecified atom stereocenters. The number of H-pyrrole nitrogens is 1. The Morgan fingerprint density at radius 1 is 1.17 bits per heavy atom. The molecule has 2 aromatic carbocycles. The molecular weight excluding hydrogens is 472 g/mol. The Balaban J connectivity index is 1.66. The predicted octanol–water partition coefficient (Wildman–Crippen LogP) is 4.60. The average molecular weight is 493 g/mol. The molecule has 0 bridgehead atoms. The van der Waals surface area contributed by atoms with Gasteiger partial charge in [0.1, 0.15) is 11.3 Å². The third-order valence-corrected chi connectivity index (χ3v) is 5.97. The number of hydrogen-bond donors (Lipinski definition) is 2. The second-order valence-corrected chi connectivity index (χ2v) is 8.61. The molecular formula is C25H21F2N5O4. The predicted molar refractivity (Wildman–Crippen MR) is 129 cm³/mol. The molecule has 2 N–H and O–H groups in total. The molecule has 0 saturated carbocycles. The van der Waals surface area contributed by atoms with E-state index in [2.05, 4.69) is 25.1 Å². The molecule has 5 aromatic rings. The Labute approximate surface area is 202 Å². The summed E-state index contributed by atoms with van der Waals surface area (Å²) >= 11 is 0. The zero-order valence-electron chi connectivity index (χ0n) is 19.8. The molecule has 184 valence electrons. The first-order valence-corrected chi connectivity index (χ1v) is 11.0. The standard InChI is InChI=1S/C25H21F2N5O4/c1-11-7-15(23-16(8-11)21(33)12(2)22(35-23)14-9-28-32(4)10-14)13(3)29-18-6-5-17(26)20(27)19(18)24-30-25(34)36-31-24/h5-10,13,29H,1-4H3,(H,30,31,34). The van der Waals surface area contributed by atoms with Gasteiger partial charge in [0, 0.05) is 30.1 Å². The molecule has 0 saturated heterocycles. The van der Waals surface area contributed by atoms with E-state index < -0.39 is 23.4 Å². The van der Waals surface area contributed by atoms with E-state index in [-0.39, 0.29) is 22.5 Å². The summed E-state index contributed by atoms with van der Waals surface area (Å²) in [5, 5.41) is 11.2. The maximum atomic E-state index is 14.8. The lowest BCUT2D eigenvalue weighted by atomic mass is 9.99. The lowest BCUT2D eigenvalue weighted by molar-refractivity contribution is 0.387.